The molecule has 0 radical (unpaired) electrons. The van der Waals surface area contributed by atoms with E-state index < -0.39 is 0 Å². The Morgan fingerprint density at radius 1 is 0.711 bits per heavy atom. The topological polar surface area (TPSA) is 28.6 Å². The Morgan fingerprint density at radius 2 is 1.44 bits per heavy atom. The number of rotatable bonds is 5. The maximum atomic E-state index is 6.53. The Bertz CT molecular complexity index is 2170. The van der Waals surface area contributed by atoms with Crippen LogP contribution in [0.3, 0.4) is 0 Å². The van der Waals surface area contributed by atoms with Crippen LogP contribution in [0.2, 0.25) is 0 Å². The molecule has 0 spiro atoms. The fourth-order valence-electron chi connectivity index (χ4n) is 6.28. The fraction of sp³-hybridized carbons (Fsp3) is 0.0769. The Balaban J connectivity index is 0.00000325. The van der Waals surface area contributed by atoms with Crippen LogP contribution < -0.4 is 14.5 Å². The molecule has 1 aliphatic rings. The molecule has 2 aromatic heterocycles. The summed E-state index contributed by atoms with van der Waals surface area (Å²) in [5.41, 5.74) is 9.88. The quantitative estimate of drug-likeness (QED) is 0.163. The van der Waals surface area contributed by atoms with Crippen molar-refractivity contribution in [3.05, 3.63) is 145 Å². The van der Waals surface area contributed by atoms with Crippen LogP contribution >= 0.6 is 11.3 Å². The van der Waals surface area contributed by atoms with Gasteiger partial charge in [0.05, 0.1) is 0 Å². The first-order valence-corrected chi connectivity index (χ1v) is 15.4. The standard InChI is InChI=1S/C39H28N3OS.Pt/c1-25-19-26(2)38(27(3)20-25)42-24-41(35-15-5-6-16-36(35)42)28-11-10-12-29(21-28)43-30-22-32-31-13-4-7-17-37(31)44-39(32)33(23-30)34-14-8-9-18-40-34;/h4-20,22,24H,1-3H3;/q-3;. The first-order chi connectivity index (χ1) is 21.5. The molecule has 7 aromatic rings. The van der Waals surface area contributed by atoms with Crippen LogP contribution in [0.1, 0.15) is 16.7 Å². The van der Waals surface area contributed by atoms with Gasteiger partial charge in [-0.15, -0.1) is 36.1 Å². The van der Waals surface area contributed by atoms with Crippen LogP contribution in [0.15, 0.2) is 109 Å². The van der Waals surface area contributed by atoms with E-state index in [1.165, 1.54) is 32.5 Å². The summed E-state index contributed by atoms with van der Waals surface area (Å²) < 4.78 is 8.91. The number of hydrogen-bond acceptors (Lipinski definition) is 5. The third kappa shape index (κ3) is 5.20. The summed E-state index contributed by atoms with van der Waals surface area (Å²) in [6, 6.07) is 42.6. The first-order valence-electron chi connectivity index (χ1n) is 14.6. The molecule has 0 saturated heterocycles. The van der Waals surface area contributed by atoms with Crippen molar-refractivity contribution >= 4 is 54.3 Å². The van der Waals surface area contributed by atoms with Crippen molar-refractivity contribution < 1.29 is 25.8 Å². The minimum atomic E-state index is 0. The summed E-state index contributed by atoms with van der Waals surface area (Å²) in [6.07, 6.45) is 1.82. The Kier molecular flexibility index (Phi) is 7.69. The van der Waals surface area contributed by atoms with Crippen molar-refractivity contribution in [1.29, 1.82) is 0 Å². The van der Waals surface area contributed by atoms with E-state index in [1.807, 2.05) is 36.5 Å². The second-order valence-electron chi connectivity index (χ2n) is 11.2. The van der Waals surface area contributed by atoms with Crippen LogP contribution in [-0.4, -0.2) is 4.98 Å². The Hall–Kier alpha value is -4.44. The van der Waals surface area contributed by atoms with Crippen molar-refractivity contribution in [3.8, 4) is 22.8 Å². The van der Waals surface area contributed by atoms with Gasteiger partial charge in [-0.2, -0.15) is 17.4 Å². The monoisotopic (exact) mass is 781 g/mol. The van der Waals surface area contributed by atoms with Gasteiger partial charge in [0.2, 0.25) is 0 Å². The minimum absolute atomic E-state index is 0. The molecule has 0 saturated carbocycles. The van der Waals surface area contributed by atoms with E-state index in [4.69, 9.17) is 4.74 Å². The van der Waals surface area contributed by atoms with Crippen molar-refractivity contribution in [3.63, 3.8) is 0 Å². The molecule has 0 aliphatic carbocycles. The fourth-order valence-corrected chi connectivity index (χ4v) is 7.47. The third-order valence-corrected chi connectivity index (χ3v) is 9.25. The van der Waals surface area contributed by atoms with Gasteiger partial charge in [-0.05, 0) is 71.9 Å². The molecule has 0 fully saturated rings. The summed E-state index contributed by atoms with van der Waals surface area (Å²) >= 11 is 1.76. The third-order valence-electron chi connectivity index (χ3n) is 8.05. The van der Waals surface area contributed by atoms with Crippen molar-refractivity contribution in [2.75, 3.05) is 9.80 Å². The van der Waals surface area contributed by atoms with E-state index in [1.54, 1.807) is 11.3 Å². The molecule has 0 amide bonds. The summed E-state index contributed by atoms with van der Waals surface area (Å²) in [7, 11) is 0. The van der Waals surface area contributed by atoms with Crippen LogP contribution in [-0.2, 0) is 21.1 Å². The van der Waals surface area contributed by atoms with E-state index in [2.05, 4.69) is 127 Å². The molecule has 0 N–H and O–H groups in total. The molecule has 5 aromatic carbocycles. The second-order valence-corrected chi connectivity index (χ2v) is 12.2. The van der Waals surface area contributed by atoms with E-state index in [9.17, 15) is 0 Å². The number of para-hydroxylation sites is 2. The molecule has 0 bridgehead atoms. The number of hydrogen-bond donors (Lipinski definition) is 0. The van der Waals surface area contributed by atoms with Gasteiger partial charge >= 0.3 is 0 Å². The second kappa shape index (κ2) is 11.8. The van der Waals surface area contributed by atoms with Crippen molar-refractivity contribution in [2.45, 2.75) is 20.8 Å². The predicted octanol–water partition coefficient (Wildman–Crippen LogP) is 10.8. The van der Waals surface area contributed by atoms with Crippen molar-refractivity contribution in [1.82, 2.24) is 4.98 Å². The number of fused-ring (bicyclic) bond motifs is 4. The largest absolute Gasteiger partial charge is 0.503 e. The van der Waals surface area contributed by atoms with Crippen LogP contribution in [0.5, 0.6) is 11.5 Å². The average molecular weight is 782 g/mol. The number of aryl methyl sites for hydroxylation is 3. The van der Waals surface area contributed by atoms with Crippen LogP contribution in [0.25, 0.3) is 31.4 Å². The molecular formula is C39H28N3OPtS-3. The van der Waals surface area contributed by atoms with Gasteiger partial charge in [0.15, 0.2) is 0 Å². The molecule has 224 valence electrons. The predicted molar refractivity (Wildman–Crippen MR) is 182 cm³/mol. The maximum absolute atomic E-state index is 6.53. The first kappa shape index (κ1) is 29.3. The number of thiophene rings is 1. The number of benzene rings is 5. The number of ether oxygens (including phenoxy) is 1. The van der Waals surface area contributed by atoms with Gasteiger partial charge in [0.1, 0.15) is 0 Å². The van der Waals surface area contributed by atoms with Gasteiger partial charge in [-0.25, -0.2) is 0 Å². The van der Waals surface area contributed by atoms with Crippen LogP contribution in [0.4, 0.5) is 22.7 Å². The van der Waals surface area contributed by atoms with E-state index in [0.717, 1.165) is 38.4 Å². The number of pyridine rings is 1. The van der Waals surface area contributed by atoms with E-state index in [-0.39, 0.29) is 21.1 Å². The Labute approximate surface area is 281 Å². The molecule has 6 heteroatoms. The molecule has 45 heavy (non-hydrogen) atoms. The van der Waals surface area contributed by atoms with Gasteiger partial charge in [0, 0.05) is 60.5 Å². The molecule has 1 aliphatic heterocycles. The molecule has 0 atom stereocenters. The van der Waals surface area contributed by atoms with E-state index in [0.29, 0.717) is 11.5 Å². The molecule has 3 heterocycles. The van der Waals surface area contributed by atoms with Gasteiger partial charge in [-0.3, -0.25) is 0 Å². The summed E-state index contributed by atoms with van der Waals surface area (Å²) in [5, 5.41) is 2.34. The van der Waals surface area contributed by atoms with Crippen LogP contribution in [0, 0.1) is 39.6 Å². The smallest absolute Gasteiger partial charge is 0.0428 e. The SMILES string of the molecule is Cc1cc(C)c(N2[CH-]N(c3[c-]c(Oc4[c-]c(-c5ccccn5)c5sc6ccccc6c5c4)ccc3)c3ccccc32)c(C)c1.[Pt]. The molecular weight excluding hydrogens is 754 g/mol. The number of anilines is 4. The van der Waals surface area contributed by atoms with Gasteiger partial charge in [0.25, 0.3) is 0 Å². The molecule has 8 rings (SSSR count). The zero-order valence-corrected chi connectivity index (χ0v) is 28.0. The minimum Gasteiger partial charge on any atom is -0.503 e. The number of nitrogens with zero attached hydrogens (tertiary/aromatic N) is 3. The van der Waals surface area contributed by atoms with Gasteiger partial charge in [-0.1, -0.05) is 77.7 Å². The average Bonchev–Trinajstić information content (AvgIpc) is 3.60. The summed E-state index contributed by atoms with van der Waals surface area (Å²) in [4.78, 5) is 9.11. The zero-order valence-electron chi connectivity index (χ0n) is 24.9. The Morgan fingerprint density at radius 3 is 2.22 bits per heavy atom. The normalized spacial score (nSPS) is 12.4. The number of aromatic nitrogens is 1. The zero-order chi connectivity index (χ0) is 29.8. The van der Waals surface area contributed by atoms with Crippen molar-refractivity contribution in [2.24, 2.45) is 0 Å². The molecule has 4 nitrogen and oxygen atoms in total. The van der Waals surface area contributed by atoms with E-state index >= 15 is 0 Å². The summed E-state index contributed by atoms with van der Waals surface area (Å²) in [6.45, 7) is 8.66. The van der Waals surface area contributed by atoms with Gasteiger partial charge < -0.3 is 19.5 Å². The maximum Gasteiger partial charge on any atom is 0.0428 e. The summed E-state index contributed by atoms with van der Waals surface area (Å²) in [5.74, 6) is 1.25. The molecule has 0 unspecified atom stereocenters.